The predicted molar refractivity (Wildman–Crippen MR) is 63.1 cm³/mol. The maximum atomic E-state index is 10.9. The lowest BCUT2D eigenvalue weighted by atomic mass is 10.1. The van der Waals surface area contributed by atoms with E-state index in [1.807, 2.05) is 12.1 Å². The van der Waals surface area contributed by atoms with Crippen LogP contribution >= 0.6 is 0 Å². The van der Waals surface area contributed by atoms with Crippen molar-refractivity contribution in [2.75, 3.05) is 13.1 Å². The first-order valence-corrected chi connectivity index (χ1v) is 5.80. The Bertz CT molecular complexity index is 361. The van der Waals surface area contributed by atoms with E-state index >= 15 is 0 Å². The van der Waals surface area contributed by atoms with Crippen LogP contribution < -0.4 is 11.1 Å². The van der Waals surface area contributed by atoms with Crippen LogP contribution in [0.1, 0.15) is 18.5 Å². The molecule has 1 aromatic rings. The molecule has 1 saturated heterocycles. The molecule has 0 bridgehead atoms. The topological polar surface area (TPSA) is 84.1 Å². The molecule has 1 aliphatic rings. The second kappa shape index (κ2) is 5.58. The first-order chi connectivity index (χ1) is 8.25. The molecule has 1 aliphatic heterocycles. The van der Waals surface area contributed by atoms with Crippen LogP contribution in [0, 0.1) is 0 Å². The molecule has 0 unspecified atom stereocenters. The standard InChI is InChI=1S/C11H17N5O/c12-11(17)16-6-3-9(4-7-16)13-8-10-2-1-5-14-15-10/h1-2,5,9,13H,3-4,6-8H2,(H2,12,17). The number of carbonyl (C=O) groups excluding carboxylic acids is 1. The van der Waals surface area contributed by atoms with Crippen molar-refractivity contribution < 1.29 is 4.79 Å². The van der Waals surface area contributed by atoms with Gasteiger partial charge in [0.2, 0.25) is 0 Å². The van der Waals surface area contributed by atoms with E-state index < -0.39 is 0 Å². The van der Waals surface area contributed by atoms with E-state index in [9.17, 15) is 4.79 Å². The van der Waals surface area contributed by atoms with E-state index in [0.717, 1.165) is 38.2 Å². The van der Waals surface area contributed by atoms with Gasteiger partial charge < -0.3 is 16.0 Å². The molecule has 0 aliphatic carbocycles. The summed E-state index contributed by atoms with van der Waals surface area (Å²) in [5, 5.41) is 11.2. The van der Waals surface area contributed by atoms with Crippen molar-refractivity contribution in [3.05, 3.63) is 24.0 Å². The average molecular weight is 235 g/mol. The Kier molecular flexibility index (Phi) is 3.87. The van der Waals surface area contributed by atoms with E-state index in [2.05, 4.69) is 15.5 Å². The average Bonchev–Trinajstić information content (AvgIpc) is 2.38. The second-order valence-corrected chi connectivity index (χ2v) is 4.20. The lowest BCUT2D eigenvalue weighted by Gasteiger charge is -2.31. The Hall–Kier alpha value is -1.69. The third-order valence-corrected chi connectivity index (χ3v) is 3.01. The minimum absolute atomic E-state index is 0.322. The van der Waals surface area contributed by atoms with Crippen LogP contribution in [0.25, 0.3) is 0 Å². The number of nitrogens with one attached hydrogen (secondary N) is 1. The molecular weight excluding hydrogens is 218 g/mol. The van der Waals surface area contributed by atoms with E-state index in [4.69, 9.17) is 5.73 Å². The Labute approximate surface area is 100 Å². The molecule has 92 valence electrons. The SMILES string of the molecule is NC(=O)N1CCC(NCc2cccnn2)CC1. The molecule has 17 heavy (non-hydrogen) atoms. The number of piperidine rings is 1. The Morgan fingerprint density at radius 1 is 1.53 bits per heavy atom. The van der Waals surface area contributed by atoms with Gasteiger partial charge in [-0.25, -0.2) is 4.79 Å². The van der Waals surface area contributed by atoms with Crippen molar-refractivity contribution in [1.82, 2.24) is 20.4 Å². The second-order valence-electron chi connectivity index (χ2n) is 4.20. The largest absolute Gasteiger partial charge is 0.351 e. The molecule has 0 radical (unpaired) electrons. The van der Waals surface area contributed by atoms with Crippen LogP contribution in [-0.2, 0) is 6.54 Å². The molecule has 1 fully saturated rings. The highest BCUT2D eigenvalue weighted by Gasteiger charge is 2.20. The molecular formula is C11H17N5O. The summed E-state index contributed by atoms with van der Waals surface area (Å²) in [5.74, 6) is 0. The number of carbonyl (C=O) groups is 1. The van der Waals surface area contributed by atoms with E-state index in [1.165, 1.54) is 0 Å². The molecule has 0 aromatic carbocycles. The lowest BCUT2D eigenvalue weighted by molar-refractivity contribution is 0.185. The van der Waals surface area contributed by atoms with Gasteiger partial charge >= 0.3 is 6.03 Å². The molecule has 3 N–H and O–H groups in total. The fourth-order valence-corrected chi connectivity index (χ4v) is 1.98. The Balaban J connectivity index is 1.74. The smallest absolute Gasteiger partial charge is 0.314 e. The number of aromatic nitrogens is 2. The van der Waals surface area contributed by atoms with Crippen LogP contribution in [0.4, 0.5) is 4.79 Å². The number of likely N-dealkylation sites (tertiary alicyclic amines) is 1. The van der Waals surface area contributed by atoms with E-state index in [0.29, 0.717) is 6.04 Å². The fourth-order valence-electron chi connectivity index (χ4n) is 1.98. The summed E-state index contributed by atoms with van der Waals surface area (Å²) in [5.41, 5.74) is 6.16. The molecule has 2 amide bonds. The highest BCUT2D eigenvalue weighted by molar-refractivity contribution is 5.72. The van der Waals surface area contributed by atoms with Crippen LogP contribution in [0.5, 0.6) is 0 Å². The van der Waals surface area contributed by atoms with Gasteiger partial charge in [0.05, 0.1) is 5.69 Å². The summed E-state index contributed by atoms with van der Waals surface area (Å²) < 4.78 is 0. The summed E-state index contributed by atoms with van der Waals surface area (Å²) in [6, 6.07) is 3.92. The zero-order chi connectivity index (χ0) is 12.1. The minimum atomic E-state index is -0.322. The van der Waals surface area contributed by atoms with Gasteiger partial charge in [0.25, 0.3) is 0 Å². The van der Waals surface area contributed by atoms with Gasteiger partial charge in [0.15, 0.2) is 0 Å². The van der Waals surface area contributed by atoms with Gasteiger partial charge in [0.1, 0.15) is 0 Å². The van der Waals surface area contributed by atoms with Crippen molar-refractivity contribution in [1.29, 1.82) is 0 Å². The fraction of sp³-hybridized carbons (Fsp3) is 0.545. The molecule has 0 spiro atoms. The summed E-state index contributed by atoms with van der Waals surface area (Å²) in [6.07, 6.45) is 3.53. The van der Waals surface area contributed by atoms with Crippen LogP contribution in [0.2, 0.25) is 0 Å². The van der Waals surface area contributed by atoms with Crippen LogP contribution in [0.15, 0.2) is 18.3 Å². The minimum Gasteiger partial charge on any atom is -0.351 e. The summed E-state index contributed by atoms with van der Waals surface area (Å²) in [4.78, 5) is 12.6. The van der Waals surface area contributed by atoms with Crippen molar-refractivity contribution in [3.8, 4) is 0 Å². The molecule has 2 rings (SSSR count). The van der Waals surface area contributed by atoms with Crippen LogP contribution in [0.3, 0.4) is 0 Å². The summed E-state index contributed by atoms with van der Waals surface area (Å²) >= 11 is 0. The van der Waals surface area contributed by atoms with Gasteiger partial charge in [-0.05, 0) is 25.0 Å². The number of nitrogens with two attached hydrogens (primary N) is 1. The van der Waals surface area contributed by atoms with Crippen molar-refractivity contribution in [2.24, 2.45) is 5.73 Å². The highest BCUT2D eigenvalue weighted by Crippen LogP contribution is 2.10. The molecule has 2 heterocycles. The van der Waals surface area contributed by atoms with Crippen molar-refractivity contribution in [2.45, 2.75) is 25.4 Å². The number of rotatable bonds is 3. The zero-order valence-corrected chi connectivity index (χ0v) is 9.67. The lowest BCUT2D eigenvalue weighted by Crippen LogP contribution is -2.46. The molecule has 6 heteroatoms. The first kappa shape index (κ1) is 11.8. The van der Waals surface area contributed by atoms with E-state index in [-0.39, 0.29) is 6.03 Å². The van der Waals surface area contributed by atoms with Crippen LogP contribution in [-0.4, -0.2) is 40.3 Å². The monoisotopic (exact) mass is 235 g/mol. The molecule has 6 nitrogen and oxygen atoms in total. The first-order valence-electron chi connectivity index (χ1n) is 5.80. The molecule has 1 aromatic heterocycles. The normalized spacial score (nSPS) is 17.1. The maximum absolute atomic E-state index is 10.9. The van der Waals surface area contributed by atoms with Gasteiger partial charge in [-0.3, -0.25) is 0 Å². The Morgan fingerprint density at radius 2 is 2.29 bits per heavy atom. The maximum Gasteiger partial charge on any atom is 0.314 e. The number of amides is 2. The number of hydrogen-bond acceptors (Lipinski definition) is 4. The number of primary amides is 1. The molecule has 0 atom stereocenters. The predicted octanol–water partition coefficient (Wildman–Crippen LogP) is 0.109. The van der Waals surface area contributed by atoms with Gasteiger partial charge in [0, 0.05) is 31.9 Å². The third kappa shape index (κ3) is 3.39. The summed E-state index contributed by atoms with van der Waals surface area (Å²) in [6.45, 7) is 2.18. The van der Waals surface area contributed by atoms with Crippen molar-refractivity contribution in [3.63, 3.8) is 0 Å². The number of nitrogens with zero attached hydrogens (tertiary/aromatic N) is 3. The van der Waals surface area contributed by atoms with Gasteiger partial charge in [-0.2, -0.15) is 10.2 Å². The van der Waals surface area contributed by atoms with E-state index in [1.54, 1.807) is 11.1 Å². The third-order valence-electron chi connectivity index (χ3n) is 3.01. The van der Waals surface area contributed by atoms with Gasteiger partial charge in [-0.15, -0.1) is 0 Å². The number of urea groups is 1. The highest BCUT2D eigenvalue weighted by atomic mass is 16.2. The molecule has 0 saturated carbocycles. The zero-order valence-electron chi connectivity index (χ0n) is 9.67. The summed E-state index contributed by atoms with van der Waals surface area (Å²) in [7, 11) is 0. The number of hydrogen-bond donors (Lipinski definition) is 2. The van der Waals surface area contributed by atoms with Crippen molar-refractivity contribution >= 4 is 6.03 Å². The van der Waals surface area contributed by atoms with Gasteiger partial charge in [-0.1, -0.05) is 0 Å². The Morgan fingerprint density at radius 3 is 2.88 bits per heavy atom. The quantitative estimate of drug-likeness (QED) is 0.778.